The number of hydrogen-bond acceptors (Lipinski definition) is 3. The highest BCUT2D eigenvalue weighted by Gasteiger charge is 2.52. The minimum absolute atomic E-state index is 0.155. The van der Waals surface area contributed by atoms with Gasteiger partial charge in [0.05, 0.1) is 0 Å². The number of nitrogens with one attached hydrogen (secondary N) is 1. The van der Waals surface area contributed by atoms with E-state index < -0.39 is 11.6 Å². The molecule has 0 bridgehead atoms. The van der Waals surface area contributed by atoms with Crippen LogP contribution in [0.4, 0.5) is 4.79 Å². The molecule has 1 saturated heterocycles. The van der Waals surface area contributed by atoms with Crippen molar-refractivity contribution >= 4 is 17.8 Å². The summed E-state index contributed by atoms with van der Waals surface area (Å²) in [5.41, 5.74) is -0.290. The molecule has 4 amide bonds. The molecule has 1 unspecified atom stereocenters. The van der Waals surface area contributed by atoms with Crippen LogP contribution in [0.15, 0.2) is 30.3 Å². The zero-order valence-electron chi connectivity index (χ0n) is 15.5. The predicted molar refractivity (Wildman–Crippen MR) is 98.3 cm³/mol. The van der Waals surface area contributed by atoms with Gasteiger partial charge < -0.3 is 10.2 Å². The van der Waals surface area contributed by atoms with E-state index in [1.54, 1.807) is 4.90 Å². The Morgan fingerprint density at radius 3 is 2.50 bits per heavy atom. The topological polar surface area (TPSA) is 69.7 Å². The fourth-order valence-electron chi connectivity index (χ4n) is 3.69. The van der Waals surface area contributed by atoms with Crippen LogP contribution >= 0.6 is 0 Å². The molecule has 1 aromatic carbocycles. The molecule has 1 aliphatic heterocycles. The molecule has 3 rings (SSSR count). The van der Waals surface area contributed by atoms with Crippen LogP contribution in [0.3, 0.4) is 0 Å². The summed E-state index contributed by atoms with van der Waals surface area (Å²) < 4.78 is 0. The number of benzene rings is 1. The first kappa shape index (κ1) is 18.4. The normalized spacial score (nSPS) is 22.5. The van der Waals surface area contributed by atoms with Gasteiger partial charge in [0, 0.05) is 12.6 Å². The molecule has 0 radical (unpaired) electrons. The van der Waals surface area contributed by atoms with Crippen molar-refractivity contribution in [3.8, 4) is 0 Å². The Kier molecular flexibility index (Phi) is 5.30. The highest BCUT2D eigenvalue weighted by molar-refractivity contribution is 6.09. The number of nitrogens with zero attached hydrogens (tertiary/aromatic N) is 2. The Bertz CT molecular complexity index is 687. The van der Waals surface area contributed by atoms with Crippen LogP contribution in [0, 0.1) is 0 Å². The highest BCUT2D eigenvalue weighted by atomic mass is 16.2. The Morgan fingerprint density at radius 1 is 1.23 bits per heavy atom. The van der Waals surface area contributed by atoms with Crippen molar-refractivity contribution < 1.29 is 14.4 Å². The summed E-state index contributed by atoms with van der Waals surface area (Å²) in [6.07, 6.45) is 4.27. The van der Waals surface area contributed by atoms with Gasteiger partial charge in [0.2, 0.25) is 5.91 Å². The summed E-state index contributed by atoms with van der Waals surface area (Å²) >= 11 is 0. The summed E-state index contributed by atoms with van der Waals surface area (Å²) in [7, 11) is 0. The third-order valence-corrected chi connectivity index (χ3v) is 5.29. The SMILES string of the molecule is CCCCC1(c2ccccc2)NC(=O)N(CC(=O)N(CC)C2CC2)C1=O. The zero-order chi connectivity index (χ0) is 18.7. The van der Waals surface area contributed by atoms with E-state index in [4.69, 9.17) is 0 Å². The third-order valence-electron chi connectivity index (χ3n) is 5.29. The Balaban J connectivity index is 1.84. The van der Waals surface area contributed by atoms with Gasteiger partial charge in [0.1, 0.15) is 12.1 Å². The molecule has 6 heteroatoms. The van der Waals surface area contributed by atoms with E-state index in [9.17, 15) is 14.4 Å². The average molecular weight is 357 g/mol. The molecule has 6 nitrogen and oxygen atoms in total. The van der Waals surface area contributed by atoms with Crippen LogP contribution in [-0.2, 0) is 15.1 Å². The molecule has 1 atom stereocenters. The molecule has 1 heterocycles. The maximum absolute atomic E-state index is 13.2. The summed E-state index contributed by atoms with van der Waals surface area (Å²) in [5, 5.41) is 2.89. The number of carbonyl (C=O) groups is 3. The minimum atomic E-state index is -1.06. The lowest BCUT2D eigenvalue weighted by Crippen LogP contribution is -2.46. The molecular formula is C20H27N3O3. The smallest absolute Gasteiger partial charge is 0.325 e. The van der Waals surface area contributed by atoms with Crippen molar-refractivity contribution in [1.29, 1.82) is 0 Å². The van der Waals surface area contributed by atoms with Crippen molar-refractivity contribution in [1.82, 2.24) is 15.1 Å². The van der Waals surface area contributed by atoms with Crippen LogP contribution in [0.25, 0.3) is 0 Å². The summed E-state index contributed by atoms with van der Waals surface area (Å²) in [6.45, 7) is 4.40. The van der Waals surface area contributed by atoms with E-state index in [0.29, 0.717) is 13.0 Å². The summed E-state index contributed by atoms with van der Waals surface area (Å²) in [6, 6.07) is 9.13. The lowest BCUT2D eigenvalue weighted by atomic mass is 9.85. The number of unbranched alkanes of at least 4 members (excludes halogenated alkanes) is 1. The quantitative estimate of drug-likeness (QED) is 0.727. The molecule has 2 fully saturated rings. The number of amides is 4. The molecule has 1 N–H and O–H groups in total. The number of rotatable bonds is 8. The fraction of sp³-hybridized carbons (Fsp3) is 0.550. The van der Waals surface area contributed by atoms with Crippen LogP contribution < -0.4 is 5.32 Å². The first-order valence-electron chi connectivity index (χ1n) is 9.52. The predicted octanol–water partition coefficient (Wildman–Crippen LogP) is 2.63. The van der Waals surface area contributed by atoms with Crippen LogP contribution in [0.2, 0.25) is 0 Å². The van der Waals surface area contributed by atoms with Crippen LogP contribution in [-0.4, -0.2) is 46.8 Å². The third kappa shape index (κ3) is 3.32. The zero-order valence-corrected chi connectivity index (χ0v) is 15.5. The van der Waals surface area contributed by atoms with Crippen LogP contribution in [0.5, 0.6) is 0 Å². The van der Waals surface area contributed by atoms with Crippen molar-refractivity contribution in [2.45, 2.75) is 57.5 Å². The molecule has 0 aromatic heterocycles. The second-order valence-electron chi connectivity index (χ2n) is 7.11. The summed E-state index contributed by atoms with van der Waals surface area (Å²) in [5.74, 6) is -0.472. The van der Waals surface area contributed by atoms with Gasteiger partial charge in [-0.05, 0) is 31.7 Å². The Morgan fingerprint density at radius 2 is 1.92 bits per heavy atom. The number of hydrogen-bond donors (Lipinski definition) is 1. The van der Waals surface area contributed by atoms with E-state index in [2.05, 4.69) is 12.2 Å². The molecule has 1 saturated carbocycles. The number of carbonyl (C=O) groups excluding carboxylic acids is 3. The van der Waals surface area contributed by atoms with Crippen molar-refractivity contribution in [2.75, 3.05) is 13.1 Å². The molecule has 26 heavy (non-hydrogen) atoms. The van der Waals surface area contributed by atoms with Gasteiger partial charge in [-0.2, -0.15) is 0 Å². The second kappa shape index (κ2) is 7.48. The van der Waals surface area contributed by atoms with Gasteiger partial charge in [-0.25, -0.2) is 4.79 Å². The van der Waals surface area contributed by atoms with Crippen molar-refractivity contribution in [3.05, 3.63) is 35.9 Å². The molecule has 1 aliphatic carbocycles. The van der Waals surface area contributed by atoms with E-state index in [0.717, 1.165) is 36.1 Å². The van der Waals surface area contributed by atoms with E-state index >= 15 is 0 Å². The monoisotopic (exact) mass is 357 g/mol. The Hall–Kier alpha value is -2.37. The first-order valence-corrected chi connectivity index (χ1v) is 9.52. The average Bonchev–Trinajstić information content (AvgIpc) is 3.45. The second-order valence-corrected chi connectivity index (χ2v) is 7.11. The lowest BCUT2D eigenvalue weighted by molar-refractivity contribution is -0.139. The van der Waals surface area contributed by atoms with E-state index in [1.165, 1.54) is 0 Å². The summed E-state index contributed by atoms with van der Waals surface area (Å²) in [4.78, 5) is 41.3. The lowest BCUT2D eigenvalue weighted by Gasteiger charge is -2.28. The number of imide groups is 1. The molecule has 2 aliphatic rings. The first-order chi connectivity index (χ1) is 12.5. The van der Waals surface area contributed by atoms with Gasteiger partial charge in [-0.1, -0.05) is 50.1 Å². The maximum Gasteiger partial charge on any atom is 0.325 e. The molecule has 140 valence electrons. The largest absolute Gasteiger partial charge is 0.338 e. The fourth-order valence-corrected chi connectivity index (χ4v) is 3.69. The van der Waals surface area contributed by atoms with Crippen molar-refractivity contribution in [2.24, 2.45) is 0 Å². The van der Waals surface area contributed by atoms with Crippen molar-refractivity contribution in [3.63, 3.8) is 0 Å². The molecular weight excluding hydrogens is 330 g/mol. The van der Waals surface area contributed by atoms with E-state index in [-0.39, 0.29) is 24.4 Å². The van der Waals surface area contributed by atoms with Crippen LogP contribution in [0.1, 0.15) is 51.5 Å². The van der Waals surface area contributed by atoms with Gasteiger partial charge in [-0.15, -0.1) is 0 Å². The van der Waals surface area contributed by atoms with Gasteiger partial charge in [0.15, 0.2) is 0 Å². The Labute approximate surface area is 154 Å². The van der Waals surface area contributed by atoms with E-state index in [1.807, 2.05) is 37.3 Å². The molecule has 0 spiro atoms. The standard InChI is InChI=1S/C20H27N3O3/c1-3-5-13-20(15-9-7-6-8-10-15)18(25)23(19(26)21-20)14-17(24)22(4-2)16-11-12-16/h6-10,16H,3-5,11-14H2,1-2H3,(H,21,26). The number of urea groups is 1. The minimum Gasteiger partial charge on any atom is -0.338 e. The van der Waals surface area contributed by atoms with Gasteiger partial charge in [0.25, 0.3) is 5.91 Å². The molecule has 1 aromatic rings. The van der Waals surface area contributed by atoms with Gasteiger partial charge >= 0.3 is 6.03 Å². The highest BCUT2D eigenvalue weighted by Crippen LogP contribution is 2.34. The van der Waals surface area contributed by atoms with Gasteiger partial charge in [-0.3, -0.25) is 14.5 Å². The number of likely N-dealkylation sites (N-methyl/N-ethyl adjacent to an activating group) is 1. The maximum atomic E-state index is 13.2.